The molecule has 0 bridgehead atoms. The van der Waals surface area contributed by atoms with Crippen LogP contribution in [0.3, 0.4) is 0 Å². The first-order chi connectivity index (χ1) is 7.16. The van der Waals surface area contributed by atoms with Crippen LogP contribution in [-0.2, 0) is 0 Å². The van der Waals surface area contributed by atoms with Gasteiger partial charge in [0.2, 0.25) is 6.43 Å². The van der Waals surface area contributed by atoms with Crippen LogP contribution in [0.1, 0.15) is 6.42 Å². The Bertz CT molecular complexity index is 348. The fourth-order valence-corrected chi connectivity index (χ4v) is 1.84. The monoisotopic (exact) mass is 233 g/mol. The van der Waals surface area contributed by atoms with Crippen molar-refractivity contribution in [1.29, 1.82) is 0 Å². The average Bonchev–Trinajstić information content (AvgIpc) is 2.66. The number of halogens is 3. The molecule has 0 radical (unpaired) electrons. The molecule has 82 valence electrons. The van der Waals surface area contributed by atoms with Crippen molar-refractivity contribution in [2.45, 2.75) is 12.8 Å². The van der Waals surface area contributed by atoms with Crippen molar-refractivity contribution < 1.29 is 8.78 Å². The minimum atomic E-state index is -2.26. The Kier molecular flexibility index (Phi) is 3.00. The van der Waals surface area contributed by atoms with Gasteiger partial charge in [0.1, 0.15) is 17.3 Å². The van der Waals surface area contributed by atoms with E-state index in [1.165, 1.54) is 6.33 Å². The smallest absolute Gasteiger partial charge is 0.243 e. The van der Waals surface area contributed by atoms with E-state index < -0.39 is 12.3 Å². The van der Waals surface area contributed by atoms with E-state index >= 15 is 0 Å². The Morgan fingerprint density at radius 3 is 2.87 bits per heavy atom. The molecule has 0 aliphatic carbocycles. The Morgan fingerprint density at radius 2 is 2.27 bits per heavy atom. The number of hydrogen-bond acceptors (Lipinski definition) is 3. The van der Waals surface area contributed by atoms with Gasteiger partial charge in [-0.1, -0.05) is 11.6 Å². The molecule has 1 fully saturated rings. The van der Waals surface area contributed by atoms with Crippen molar-refractivity contribution in [2.24, 2.45) is 5.92 Å². The first kappa shape index (κ1) is 10.5. The van der Waals surface area contributed by atoms with Crippen molar-refractivity contribution in [2.75, 3.05) is 18.0 Å². The summed E-state index contributed by atoms with van der Waals surface area (Å²) in [6, 6.07) is 1.59. The molecular weight excluding hydrogens is 224 g/mol. The van der Waals surface area contributed by atoms with Gasteiger partial charge in [0, 0.05) is 25.1 Å². The minimum Gasteiger partial charge on any atom is -0.356 e. The second-order valence-electron chi connectivity index (χ2n) is 3.53. The molecule has 0 aromatic carbocycles. The maximum atomic E-state index is 12.4. The lowest BCUT2D eigenvalue weighted by molar-refractivity contribution is 0.0880. The van der Waals surface area contributed by atoms with Gasteiger partial charge < -0.3 is 4.90 Å². The van der Waals surface area contributed by atoms with E-state index in [0.717, 1.165) is 0 Å². The average molecular weight is 234 g/mol. The van der Waals surface area contributed by atoms with Gasteiger partial charge >= 0.3 is 0 Å². The summed E-state index contributed by atoms with van der Waals surface area (Å²) in [7, 11) is 0. The molecule has 15 heavy (non-hydrogen) atoms. The summed E-state index contributed by atoms with van der Waals surface area (Å²) in [5.41, 5.74) is 0. The molecule has 0 N–H and O–H groups in total. The van der Waals surface area contributed by atoms with Gasteiger partial charge in [0.15, 0.2) is 0 Å². The van der Waals surface area contributed by atoms with Gasteiger partial charge in [-0.2, -0.15) is 0 Å². The first-order valence-corrected chi connectivity index (χ1v) is 5.05. The van der Waals surface area contributed by atoms with Crippen LogP contribution in [0.15, 0.2) is 12.4 Å². The van der Waals surface area contributed by atoms with Crippen molar-refractivity contribution in [3.8, 4) is 0 Å². The van der Waals surface area contributed by atoms with E-state index in [0.29, 0.717) is 30.5 Å². The van der Waals surface area contributed by atoms with Crippen LogP contribution < -0.4 is 4.90 Å². The topological polar surface area (TPSA) is 29.0 Å². The summed E-state index contributed by atoms with van der Waals surface area (Å²) in [5.74, 6) is 0.0666. The quantitative estimate of drug-likeness (QED) is 0.734. The van der Waals surface area contributed by atoms with E-state index in [1.807, 2.05) is 4.90 Å². The van der Waals surface area contributed by atoms with Crippen molar-refractivity contribution in [1.82, 2.24) is 9.97 Å². The highest BCUT2D eigenvalue weighted by atomic mass is 35.5. The van der Waals surface area contributed by atoms with Crippen LogP contribution in [0.4, 0.5) is 14.6 Å². The maximum Gasteiger partial charge on any atom is 0.243 e. The molecular formula is C9H10ClF2N3. The van der Waals surface area contributed by atoms with Gasteiger partial charge in [-0.3, -0.25) is 0 Å². The lowest BCUT2D eigenvalue weighted by Gasteiger charge is -2.16. The van der Waals surface area contributed by atoms with Gasteiger partial charge in [0.05, 0.1) is 0 Å². The molecule has 1 aliphatic heterocycles. The molecule has 1 aliphatic rings. The predicted octanol–water partition coefficient (Wildman–Crippen LogP) is 2.22. The van der Waals surface area contributed by atoms with Crippen LogP contribution in [0.5, 0.6) is 0 Å². The number of hydrogen-bond donors (Lipinski definition) is 0. The van der Waals surface area contributed by atoms with Crippen LogP contribution in [0, 0.1) is 5.92 Å². The number of alkyl halides is 2. The van der Waals surface area contributed by atoms with Gasteiger partial charge in [-0.25, -0.2) is 18.7 Å². The second-order valence-corrected chi connectivity index (χ2v) is 3.92. The van der Waals surface area contributed by atoms with Gasteiger partial charge in [0.25, 0.3) is 0 Å². The molecule has 0 unspecified atom stereocenters. The zero-order chi connectivity index (χ0) is 10.8. The molecule has 3 nitrogen and oxygen atoms in total. The molecule has 1 aromatic rings. The van der Waals surface area contributed by atoms with E-state index in [-0.39, 0.29) is 0 Å². The molecule has 2 rings (SSSR count). The minimum absolute atomic E-state index is 0.334. The lowest BCUT2D eigenvalue weighted by Crippen LogP contribution is -2.22. The highest BCUT2D eigenvalue weighted by Crippen LogP contribution is 2.26. The second kappa shape index (κ2) is 4.26. The highest BCUT2D eigenvalue weighted by molar-refractivity contribution is 6.29. The number of aromatic nitrogens is 2. The third-order valence-electron chi connectivity index (χ3n) is 2.52. The zero-order valence-corrected chi connectivity index (χ0v) is 8.66. The van der Waals surface area contributed by atoms with E-state index in [1.54, 1.807) is 6.07 Å². The van der Waals surface area contributed by atoms with Crippen LogP contribution in [0.25, 0.3) is 0 Å². The highest BCUT2D eigenvalue weighted by Gasteiger charge is 2.30. The summed E-state index contributed by atoms with van der Waals surface area (Å²) in [6.45, 7) is 0.938. The molecule has 2 heterocycles. The van der Waals surface area contributed by atoms with Crippen molar-refractivity contribution >= 4 is 17.4 Å². The zero-order valence-electron chi connectivity index (χ0n) is 7.91. The summed E-state index contributed by atoms with van der Waals surface area (Å²) < 4.78 is 24.8. The SMILES string of the molecule is FC(F)[C@H]1CCN(c2cc(Cl)ncn2)C1. The standard InChI is InChI=1S/C9H10ClF2N3/c10-7-3-8(14-5-13-7)15-2-1-6(4-15)9(11)12/h3,5-6,9H,1-2,4H2/t6-/m0/s1. The third kappa shape index (κ3) is 2.34. The molecule has 0 amide bonds. The lowest BCUT2D eigenvalue weighted by atomic mass is 10.1. The number of nitrogens with zero attached hydrogens (tertiary/aromatic N) is 3. The fraction of sp³-hybridized carbons (Fsp3) is 0.556. The summed E-state index contributed by atoms with van der Waals surface area (Å²) >= 11 is 5.70. The normalized spacial score (nSPS) is 21.3. The molecule has 6 heteroatoms. The first-order valence-electron chi connectivity index (χ1n) is 4.67. The Morgan fingerprint density at radius 1 is 1.47 bits per heavy atom. The molecule has 1 atom stereocenters. The molecule has 0 spiro atoms. The van der Waals surface area contributed by atoms with Gasteiger partial charge in [-0.05, 0) is 6.42 Å². The Hall–Kier alpha value is -0.970. The van der Waals surface area contributed by atoms with E-state index in [4.69, 9.17) is 11.6 Å². The Labute approximate surface area is 91.1 Å². The summed E-state index contributed by atoms with van der Waals surface area (Å²) in [4.78, 5) is 9.56. The van der Waals surface area contributed by atoms with Crippen LogP contribution in [0.2, 0.25) is 5.15 Å². The number of anilines is 1. The van der Waals surface area contributed by atoms with Gasteiger partial charge in [-0.15, -0.1) is 0 Å². The maximum absolute atomic E-state index is 12.4. The van der Waals surface area contributed by atoms with E-state index in [2.05, 4.69) is 9.97 Å². The predicted molar refractivity (Wildman–Crippen MR) is 53.4 cm³/mol. The Balaban J connectivity index is 2.08. The molecule has 0 saturated carbocycles. The third-order valence-corrected chi connectivity index (χ3v) is 2.73. The largest absolute Gasteiger partial charge is 0.356 e. The van der Waals surface area contributed by atoms with Crippen molar-refractivity contribution in [3.05, 3.63) is 17.5 Å². The van der Waals surface area contributed by atoms with Crippen molar-refractivity contribution in [3.63, 3.8) is 0 Å². The summed E-state index contributed by atoms with van der Waals surface area (Å²) in [5, 5.41) is 0.334. The molecule has 1 aromatic heterocycles. The van der Waals surface area contributed by atoms with Crippen LogP contribution in [-0.4, -0.2) is 29.5 Å². The fourth-order valence-electron chi connectivity index (χ4n) is 1.70. The van der Waals surface area contributed by atoms with E-state index in [9.17, 15) is 8.78 Å². The summed E-state index contributed by atoms with van der Waals surface area (Å²) in [6.07, 6.45) is -0.417. The molecule has 1 saturated heterocycles. The van der Waals surface area contributed by atoms with Crippen LogP contribution >= 0.6 is 11.6 Å². The number of rotatable bonds is 2.